The van der Waals surface area contributed by atoms with E-state index in [0.29, 0.717) is 27.3 Å². The summed E-state index contributed by atoms with van der Waals surface area (Å²) >= 11 is 6.08. The summed E-state index contributed by atoms with van der Waals surface area (Å²) in [5, 5.41) is 5.60. The maximum Gasteiger partial charge on any atom is 0.317 e. The molecule has 3 heterocycles. The molecular weight excluding hydrogens is 460 g/mol. The van der Waals surface area contributed by atoms with E-state index in [9.17, 15) is 4.79 Å². The summed E-state index contributed by atoms with van der Waals surface area (Å²) in [5.41, 5.74) is 4.76. The van der Waals surface area contributed by atoms with Gasteiger partial charge in [0.15, 0.2) is 0 Å². The molecule has 168 valence electrons. The predicted octanol–water partition coefficient (Wildman–Crippen LogP) is 6.41. The summed E-state index contributed by atoms with van der Waals surface area (Å²) in [6.45, 7) is 0. The van der Waals surface area contributed by atoms with Crippen molar-refractivity contribution in [2.75, 3.05) is 0 Å². The fourth-order valence-electron chi connectivity index (χ4n) is 3.98. The Morgan fingerprint density at radius 2 is 1.60 bits per heavy atom. The number of fused-ring (bicyclic) bond motifs is 3. The Labute approximate surface area is 204 Å². The molecule has 0 radical (unpaired) electrons. The van der Waals surface area contributed by atoms with Crippen molar-refractivity contribution >= 4 is 40.0 Å². The molecule has 3 aromatic heterocycles. The van der Waals surface area contributed by atoms with Gasteiger partial charge in [-0.05, 0) is 34.9 Å². The van der Waals surface area contributed by atoms with Crippen LogP contribution >= 0.6 is 11.6 Å². The quantitative estimate of drug-likeness (QED) is 0.276. The molecule has 0 fully saturated rings. The molecule has 6 rings (SSSR count). The highest BCUT2D eigenvalue weighted by Gasteiger charge is 2.20. The van der Waals surface area contributed by atoms with E-state index >= 15 is 0 Å². The molecule has 0 atom stereocenters. The lowest BCUT2D eigenvalue weighted by Gasteiger charge is -2.07. The van der Waals surface area contributed by atoms with Gasteiger partial charge in [0.2, 0.25) is 11.3 Å². The number of hydrogen-bond donors (Lipinski definition) is 0. The molecule has 0 aliphatic rings. The number of benzene rings is 3. The zero-order valence-electron chi connectivity index (χ0n) is 18.3. The Morgan fingerprint density at radius 3 is 2.34 bits per heavy atom. The summed E-state index contributed by atoms with van der Waals surface area (Å²) in [6, 6.07) is 28.8. The van der Waals surface area contributed by atoms with Crippen LogP contribution in [0.5, 0.6) is 0 Å². The standard InChI is InChI=1S/C28H17ClN4O2/c29-21-13-11-20(12-14-21)23-15-22(19-9-5-2-6-10-19)24-25-26(35-27(24)32-23)28(34)33(17-30-25)31-16-18-7-3-1-4-8-18/h1-17H. The van der Waals surface area contributed by atoms with Gasteiger partial charge in [-0.2, -0.15) is 9.78 Å². The summed E-state index contributed by atoms with van der Waals surface area (Å²) in [6.07, 6.45) is 3.00. The maximum absolute atomic E-state index is 13.2. The number of pyridine rings is 1. The van der Waals surface area contributed by atoms with Gasteiger partial charge in [-0.1, -0.05) is 84.4 Å². The number of furan rings is 1. The van der Waals surface area contributed by atoms with Gasteiger partial charge in [0.1, 0.15) is 11.8 Å². The second-order valence-corrected chi connectivity index (χ2v) is 8.37. The van der Waals surface area contributed by atoms with Crippen LogP contribution in [0.3, 0.4) is 0 Å². The van der Waals surface area contributed by atoms with Crippen molar-refractivity contribution in [1.82, 2.24) is 14.6 Å². The normalized spacial score (nSPS) is 11.6. The Balaban J connectivity index is 1.58. The van der Waals surface area contributed by atoms with Gasteiger partial charge >= 0.3 is 5.56 Å². The molecule has 35 heavy (non-hydrogen) atoms. The van der Waals surface area contributed by atoms with E-state index in [-0.39, 0.29) is 5.58 Å². The van der Waals surface area contributed by atoms with E-state index < -0.39 is 5.56 Å². The molecule has 0 unspecified atom stereocenters. The lowest BCUT2D eigenvalue weighted by Crippen LogP contribution is -2.16. The van der Waals surface area contributed by atoms with Crippen LogP contribution in [-0.2, 0) is 0 Å². The smallest absolute Gasteiger partial charge is 0.317 e. The number of halogens is 1. The van der Waals surface area contributed by atoms with Gasteiger partial charge in [-0.3, -0.25) is 4.79 Å². The van der Waals surface area contributed by atoms with Crippen LogP contribution in [0, 0.1) is 0 Å². The fraction of sp³-hybridized carbons (Fsp3) is 0. The molecule has 0 spiro atoms. The second kappa shape index (κ2) is 8.66. The lowest BCUT2D eigenvalue weighted by atomic mass is 10.00. The van der Waals surface area contributed by atoms with Crippen LogP contribution in [0.1, 0.15) is 5.56 Å². The summed E-state index contributed by atoms with van der Waals surface area (Å²) in [5.74, 6) is 0. The van der Waals surface area contributed by atoms with Gasteiger partial charge in [-0.25, -0.2) is 9.97 Å². The molecule has 0 amide bonds. The van der Waals surface area contributed by atoms with Gasteiger partial charge < -0.3 is 4.42 Å². The van der Waals surface area contributed by atoms with Gasteiger partial charge in [0.05, 0.1) is 17.3 Å². The Kier molecular flexibility index (Phi) is 5.20. The van der Waals surface area contributed by atoms with E-state index in [4.69, 9.17) is 21.0 Å². The third-order valence-electron chi connectivity index (χ3n) is 5.69. The van der Waals surface area contributed by atoms with Gasteiger partial charge in [-0.15, -0.1) is 0 Å². The number of aromatic nitrogens is 3. The Hall–Kier alpha value is -4.55. The van der Waals surface area contributed by atoms with Crippen molar-refractivity contribution in [2.24, 2.45) is 5.10 Å². The van der Waals surface area contributed by atoms with E-state index in [1.54, 1.807) is 6.21 Å². The molecular formula is C28H17ClN4O2. The number of nitrogens with zero attached hydrogens (tertiary/aromatic N) is 4. The third kappa shape index (κ3) is 3.90. The molecule has 6 aromatic rings. The average molecular weight is 477 g/mol. The van der Waals surface area contributed by atoms with E-state index in [2.05, 4.69) is 10.1 Å². The Morgan fingerprint density at radius 1 is 0.886 bits per heavy atom. The minimum Gasteiger partial charge on any atom is -0.430 e. The molecule has 0 saturated heterocycles. The first-order valence-electron chi connectivity index (χ1n) is 10.9. The topological polar surface area (TPSA) is 73.3 Å². The van der Waals surface area contributed by atoms with Crippen LogP contribution in [0.15, 0.2) is 112 Å². The number of rotatable bonds is 4. The Bertz CT molecular complexity index is 1760. The van der Waals surface area contributed by atoms with Crippen LogP contribution in [0.2, 0.25) is 5.02 Å². The lowest BCUT2D eigenvalue weighted by molar-refractivity contribution is 0.637. The van der Waals surface area contributed by atoms with Crippen molar-refractivity contribution in [3.63, 3.8) is 0 Å². The first kappa shape index (κ1) is 21.0. The largest absolute Gasteiger partial charge is 0.430 e. The van der Waals surface area contributed by atoms with Crippen molar-refractivity contribution in [3.05, 3.63) is 118 Å². The van der Waals surface area contributed by atoms with Crippen LogP contribution in [0.25, 0.3) is 44.6 Å². The highest BCUT2D eigenvalue weighted by atomic mass is 35.5. The highest BCUT2D eigenvalue weighted by molar-refractivity contribution is 6.30. The van der Waals surface area contributed by atoms with Crippen LogP contribution in [-0.4, -0.2) is 20.9 Å². The van der Waals surface area contributed by atoms with E-state index in [0.717, 1.165) is 22.3 Å². The summed E-state index contributed by atoms with van der Waals surface area (Å²) in [4.78, 5) is 22.5. The molecule has 6 nitrogen and oxygen atoms in total. The molecule has 0 saturated carbocycles. The summed E-state index contributed by atoms with van der Waals surface area (Å²) < 4.78 is 7.18. The minimum absolute atomic E-state index is 0.102. The monoisotopic (exact) mass is 476 g/mol. The minimum atomic E-state index is -0.410. The first-order valence-corrected chi connectivity index (χ1v) is 11.3. The molecule has 3 aromatic carbocycles. The molecule has 0 aliphatic heterocycles. The molecule has 0 N–H and O–H groups in total. The third-order valence-corrected chi connectivity index (χ3v) is 5.94. The van der Waals surface area contributed by atoms with Crippen molar-refractivity contribution in [1.29, 1.82) is 0 Å². The van der Waals surface area contributed by atoms with Crippen LogP contribution in [0.4, 0.5) is 0 Å². The van der Waals surface area contributed by atoms with Crippen LogP contribution < -0.4 is 5.56 Å². The van der Waals surface area contributed by atoms with E-state index in [1.807, 2.05) is 91.0 Å². The zero-order chi connectivity index (χ0) is 23.8. The van der Waals surface area contributed by atoms with Gasteiger partial charge in [0, 0.05) is 10.6 Å². The van der Waals surface area contributed by atoms with Gasteiger partial charge in [0.25, 0.3) is 0 Å². The summed E-state index contributed by atoms with van der Waals surface area (Å²) in [7, 11) is 0. The molecule has 0 aliphatic carbocycles. The average Bonchev–Trinajstić information content (AvgIpc) is 3.29. The number of hydrogen-bond acceptors (Lipinski definition) is 5. The SMILES string of the molecule is O=c1c2oc3nc(-c4ccc(Cl)cc4)cc(-c4ccccc4)c3c2ncn1N=Cc1ccccc1. The zero-order valence-corrected chi connectivity index (χ0v) is 19.1. The molecule has 7 heteroatoms. The van der Waals surface area contributed by atoms with Crippen molar-refractivity contribution < 1.29 is 4.42 Å². The van der Waals surface area contributed by atoms with E-state index in [1.165, 1.54) is 11.0 Å². The highest BCUT2D eigenvalue weighted by Crippen LogP contribution is 2.36. The maximum atomic E-state index is 13.2. The first-order chi connectivity index (χ1) is 17.2. The van der Waals surface area contributed by atoms with Crippen molar-refractivity contribution in [2.45, 2.75) is 0 Å². The predicted molar refractivity (Wildman–Crippen MR) is 139 cm³/mol. The second-order valence-electron chi connectivity index (χ2n) is 7.94. The molecule has 0 bridgehead atoms. The fourth-order valence-corrected chi connectivity index (χ4v) is 4.11. The van der Waals surface area contributed by atoms with Crippen molar-refractivity contribution in [3.8, 4) is 22.4 Å².